The monoisotopic (exact) mass is 352 g/mol. The summed E-state index contributed by atoms with van der Waals surface area (Å²) in [6.45, 7) is 0. The summed E-state index contributed by atoms with van der Waals surface area (Å²) in [5, 5.41) is 3.80. The van der Waals surface area contributed by atoms with Crippen LogP contribution in [0.15, 0.2) is 36.4 Å². The predicted molar refractivity (Wildman–Crippen MR) is 90.6 cm³/mol. The average molecular weight is 353 g/mol. The van der Waals surface area contributed by atoms with Gasteiger partial charge in [0.1, 0.15) is 5.75 Å². The topological polar surface area (TPSA) is 51.2 Å². The number of amides is 1. The standard InChI is InChI=1S/C15H10Cl2N2O2S/c1-21-8-5-6-11-12(7-8)22-15(18-11)19-14(20)13-9(16)3-2-4-10(13)17/h2-7H,1H3,(H,18,19,20). The molecule has 0 radical (unpaired) electrons. The molecule has 1 amide bonds. The summed E-state index contributed by atoms with van der Waals surface area (Å²) in [6.07, 6.45) is 0. The maximum atomic E-state index is 12.3. The molecule has 0 unspecified atom stereocenters. The predicted octanol–water partition coefficient (Wildman–Crippen LogP) is 4.86. The van der Waals surface area contributed by atoms with Crippen molar-refractivity contribution in [3.63, 3.8) is 0 Å². The van der Waals surface area contributed by atoms with Gasteiger partial charge >= 0.3 is 0 Å². The molecular formula is C15H10Cl2N2O2S. The number of hydrogen-bond acceptors (Lipinski definition) is 4. The lowest BCUT2D eigenvalue weighted by Gasteiger charge is -2.05. The molecule has 22 heavy (non-hydrogen) atoms. The van der Waals surface area contributed by atoms with Crippen LogP contribution in [0.3, 0.4) is 0 Å². The van der Waals surface area contributed by atoms with Gasteiger partial charge in [-0.1, -0.05) is 40.6 Å². The molecule has 3 rings (SSSR count). The highest BCUT2D eigenvalue weighted by Gasteiger charge is 2.16. The number of nitrogens with zero attached hydrogens (tertiary/aromatic N) is 1. The van der Waals surface area contributed by atoms with E-state index in [-0.39, 0.29) is 11.5 Å². The number of carbonyl (C=O) groups is 1. The number of carbonyl (C=O) groups excluding carboxylic acids is 1. The number of rotatable bonds is 3. The van der Waals surface area contributed by atoms with Gasteiger partial charge in [-0.05, 0) is 30.3 Å². The van der Waals surface area contributed by atoms with Crippen molar-refractivity contribution in [2.45, 2.75) is 0 Å². The Labute approximate surface area is 140 Å². The first kappa shape index (κ1) is 15.1. The Bertz CT molecular complexity index is 844. The zero-order valence-electron chi connectivity index (χ0n) is 11.4. The SMILES string of the molecule is COc1ccc2nc(NC(=O)c3c(Cl)cccc3Cl)sc2c1. The van der Waals surface area contributed by atoms with Crippen molar-refractivity contribution >= 4 is 55.8 Å². The third kappa shape index (κ3) is 2.88. The second-order valence-corrected chi connectivity index (χ2v) is 6.25. The summed E-state index contributed by atoms with van der Waals surface area (Å²) in [5.41, 5.74) is 1.02. The van der Waals surface area contributed by atoms with Gasteiger partial charge in [0.05, 0.1) is 32.9 Å². The van der Waals surface area contributed by atoms with E-state index >= 15 is 0 Å². The molecule has 112 valence electrons. The summed E-state index contributed by atoms with van der Waals surface area (Å²) in [6, 6.07) is 10.4. The smallest absolute Gasteiger partial charge is 0.260 e. The largest absolute Gasteiger partial charge is 0.497 e. The van der Waals surface area contributed by atoms with Gasteiger partial charge in [-0.25, -0.2) is 4.98 Å². The Morgan fingerprint density at radius 2 is 1.95 bits per heavy atom. The van der Waals surface area contributed by atoms with Crippen LogP contribution in [0.1, 0.15) is 10.4 Å². The minimum atomic E-state index is -0.387. The fraction of sp³-hybridized carbons (Fsp3) is 0.0667. The molecule has 0 atom stereocenters. The molecule has 1 aromatic heterocycles. The third-order valence-corrected chi connectivity index (χ3v) is 4.57. The Morgan fingerprint density at radius 3 is 2.64 bits per heavy atom. The highest BCUT2D eigenvalue weighted by Crippen LogP contribution is 2.30. The fourth-order valence-corrected chi connectivity index (χ4v) is 3.42. The molecule has 0 spiro atoms. The van der Waals surface area contributed by atoms with Gasteiger partial charge in [0.25, 0.3) is 5.91 Å². The van der Waals surface area contributed by atoms with Crippen LogP contribution in [0.2, 0.25) is 10.0 Å². The average Bonchev–Trinajstić information content (AvgIpc) is 2.87. The van der Waals surface area contributed by atoms with E-state index < -0.39 is 0 Å². The zero-order valence-corrected chi connectivity index (χ0v) is 13.7. The molecule has 1 heterocycles. The van der Waals surface area contributed by atoms with Crippen LogP contribution in [0.4, 0.5) is 5.13 Å². The number of fused-ring (bicyclic) bond motifs is 1. The zero-order chi connectivity index (χ0) is 15.7. The second-order valence-electron chi connectivity index (χ2n) is 4.40. The molecule has 0 aliphatic rings. The van der Waals surface area contributed by atoms with Gasteiger partial charge < -0.3 is 4.74 Å². The lowest BCUT2D eigenvalue weighted by molar-refractivity contribution is 0.102. The number of nitrogens with one attached hydrogen (secondary N) is 1. The molecule has 0 aliphatic heterocycles. The van der Waals surface area contributed by atoms with Gasteiger partial charge in [-0.2, -0.15) is 0 Å². The van der Waals surface area contributed by atoms with Gasteiger partial charge in [0.2, 0.25) is 0 Å². The number of thiazole rings is 1. The maximum absolute atomic E-state index is 12.3. The molecule has 0 saturated carbocycles. The number of anilines is 1. The van der Waals surface area contributed by atoms with E-state index in [1.165, 1.54) is 11.3 Å². The van der Waals surface area contributed by atoms with Crippen LogP contribution in [0, 0.1) is 0 Å². The van der Waals surface area contributed by atoms with E-state index in [2.05, 4.69) is 10.3 Å². The van der Waals surface area contributed by atoms with Crippen molar-refractivity contribution in [1.82, 2.24) is 4.98 Å². The molecule has 0 saturated heterocycles. The van der Waals surface area contributed by atoms with Gasteiger partial charge in [0.15, 0.2) is 5.13 Å². The molecule has 2 aromatic carbocycles. The lowest BCUT2D eigenvalue weighted by Crippen LogP contribution is -2.12. The van der Waals surface area contributed by atoms with Crippen molar-refractivity contribution in [2.75, 3.05) is 12.4 Å². The summed E-state index contributed by atoms with van der Waals surface area (Å²) < 4.78 is 6.09. The van der Waals surface area contributed by atoms with Gasteiger partial charge in [-0.3, -0.25) is 10.1 Å². The molecular weight excluding hydrogens is 343 g/mol. The van der Waals surface area contributed by atoms with E-state index in [1.54, 1.807) is 25.3 Å². The molecule has 7 heteroatoms. The third-order valence-electron chi connectivity index (χ3n) is 3.01. The Kier molecular flexibility index (Phi) is 4.20. The first-order valence-electron chi connectivity index (χ1n) is 6.28. The molecule has 3 aromatic rings. The summed E-state index contributed by atoms with van der Waals surface area (Å²) in [7, 11) is 1.60. The van der Waals surface area contributed by atoms with E-state index in [0.29, 0.717) is 15.2 Å². The van der Waals surface area contributed by atoms with E-state index in [1.807, 2.05) is 18.2 Å². The van der Waals surface area contributed by atoms with Crippen molar-refractivity contribution in [3.05, 3.63) is 52.0 Å². The highest BCUT2D eigenvalue weighted by molar-refractivity contribution is 7.22. The number of methoxy groups -OCH3 is 1. The number of halogens is 2. The number of benzene rings is 2. The highest BCUT2D eigenvalue weighted by atomic mass is 35.5. The van der Waals surface area contributed by atoms with Crippen LogP contribution >= 0.6 is 34.5 Å². The van der Waals surface area contributed by atoms with E-state index in [0.717, 1.165) is 16.0 Å². The summed E-state index contributed by atoms with van der Waals surface area (Å²) in [5.74, 6) is 0.352. The Morgan fingerprint density at radius 1 is 1.23 bits per heavy atom. The Balaban J connectivity index is 1.91. The molecule has 0 fully saturated rings. The fourth-order valence-electron chi connectivity index (χ4n) is 1.96. The van der Waals surface area contributed by atoms with Crippen molar-refractivity contribution in [1.29, 1.82) is 0 Å². The van der Waals surface area contributed by atoms with Crippen LogP contribution in [-0.2, 0) is 0 Å². The van der Waals surface area contributed by atoms with Crippen LogP contribution in [0.25, 0.3) is 10.2 Å². The van der Waals surface area contributed by atoms with E-state index in [4.69, 9.17) is 27.9 Å². The number of ether oxygens (including phenoxy) is 1. The minimum Gasteiger partial charge on any atom is -0.497 e. The van der Waals surface area contributed by atoms with Crippen LogP contribution in [-0.4, -0.2) is 18.0 Å². The molecule has 0 aliphatic carbocycles. The maximum Gasteiger partial charge on any atom is 0.260 e. The molecule has 1 N–H and O–H groups in total. The normalized spacial score (nSPS) is 10.7. The first-order valence-corrected chi connectivity index (χ1v) is 7.85. The van der Waals surface area contributed by atoms with Crippen LogP contribution < -0.4 is 10.1 Å². The second kappa shape index (κ2) is 6.12. The number of hydrogen-bond donors (Lipinski definition) is 1. The quantitative estimate of drug-likeness (QED) is 0.731. The van der Waals surface area contributed by atoms with Crippen molar-refractivity contribution in [2.24, 2.45) is 0 Å². The summed E-state index contributed by atoms with van der Waals surface area (Å²) in [4.78, 5) is 16.7. The molecule has 4 nitrogen and oxygen atoms in total. The van der Waals surface area contributed by atoms with Crippen molar-refractivity contribution in [3.8, 4) is 5.75 Å². The molecule has 0 bridgehead atoms. The first-order chi connectivity index (χ1) is 10.6. The van der Waals surface area contributed by atoms with Crippen molar-refractivity contribution < 1.29 is 9.53 Å². The number of aromatic nitrogens is 1. The Hall–Kier alpha value is -1.82. The van der Waals surface area contributed by atoms with Crippen LogP contribution in [0.5, 0.6) is 5.75 Å². The lowest BCUT2D eigenvalue weighted by atomic mass is 10.2. The van der Waals surface area contributed by atoms with Gasteiger partial charge in [0, 0.05) is 0 Å². The van der Waals surface area contributed by atoms with E-state index in [9.17, 15) is 4.79 Å². The van der Waals surface area contributed by atoms with Gasteiger partial charge in [-0.15, -0.1) is 0 Å². The minimum absolute atomic E-state index is 0.239. The summed E-state index contributed by atoms with van der Waals surface area (Å²) >= 11 is 13.4.